The van der Waals surface area contributed by atoms with E-state index in [1.165, 1.54) is 26.2 Å². The lowest BCUT2D eigenvalue weighted by Crippen LogP contribution is -2.08. The zero-order valence-corrected chi connectivity index (χ0v) is 14.4. The number of aromatic nitrogens is 1. The number of halogens is 4. The van der Waals surface area contributed by atoms with E-state index in [0.29, 0.717) is 5.56 Å². The van der Waals surface area contributed by atoms with Crippen molar-refractivity contribution >= 4 is 46.5 Å². The van der Waals surface area contributed by atoms with Crippen molar-refractivity contribution in [2.75, 3.05) is 12.8 Å². The fourth-order valence-electron chi connectivity index (χ4n) is 2.05. The highest BCUT2D eigenvalue weighted by molar-refractivity contribution is 6.38. The summed E-state index contributed by atoms with van der Waals surface area (Å²) in [5, 5.41) is 0.270. The van der Waals surface area contributed by atoms with E-state index in [-0.39, 0.29) is 37.7 Å². The van der Waals surface area contributed by atoms with Crippen molar-refractivity contribution in [2.45, 2.75) is 13.1 Å². The van der Waals surface area contributed by atoms with Gasteiger partial charge in [-0.15, -0.1) is 0 Å². The Morgan fingerprint density at radius 1 is 1.30 bits per heavy atom. The SMILES string of the molecule is COC(=O)c1nc(-c2ccc(Cl)c(C(C)F)c2Cl)cc(N)c1Cl. The molecule has 2 N–H and O–H groups in total. The van der Waals surface area contributed by atoms with Crippen molar-refractivity contribution in [2.24, 2.45) is 0 Å². The number of nitrogen functional groups attached to an aromatic ring is 1. The Morgan fingerprint density at radius 2 is 1.96 bits per heavy atom. The molecule has 2 rings (SSSR count). The van der Waals surface area contributed by atoms with Crippen molar-refractivity contribution in [3.8, 4) is 11.3 Å². The molecule has 0 aliphatic carbocycles. The van der Waals surface area contributed by atoms with Crippen molar-refractivity contribution in [1.29, 1.82) is 0 Å². The first kappa shape index (κ1) is 17.8. The summed E-state index contributed by atoms with van der Waals surface area (Å²) < 4.78 is 18.4. The van der Waals surface area contributed by atoms with Crippen LogP contribution in [0.5, 0.6) is 0 Å². The fourth-order valence-corrected chi connectivity index (χ4v) is 2.99. The van der Waals surface area contributed by atoms with Crippen LogP contribution in [-0.2, 0) is 4.74 Å². The molecule has 122 valence electrons. The largest absolute Gasteiger partial charge is 0.464 e. The van der Waals surface area contributed by atoms with Crippen molar-refractivity contribution < 1.29 is 13.9 Å². The number of anilines is 1. The van der Waals surface area contributed by atoms with E-state index in [0.717, 1.165) is 0 Å². The predicted octanol–water partition coefficient (Wildman–Crippen LogP) is 5.11. The Labute approximate surface area is 147 Å². The topological polar surface area (TPSA) is 65.2 Å². The van der Waals surface area contributed by atoms with Crippen LogP contribution >= 0.6 is 34.8 Å². The van der Waals surface area contributed by atoms with E-state index in [1.54, 1.807) is 6.07 Å². The number of nitrogens with zero attached hydrogens (tertiary/aromatic N) is 1. The number of carbonyl (C=O) groups is 1. The molecule has 1 aromatic heterocycles. The molecule has 0 amide bonds. The Kier molecular flexibility index (Phi) is 5.34. The highest BCUT2D eigenvalue weighted by Crippen LogP contribution is 2.40. The maximum absolute atomic E-state index is 13.7. The molecule has 2 aromatic rings. The van der Waals surface area contributed by atoms with Crippen LogP contribution in [0.2, 0.25) is 15.1 Å². The van der Waals surface area contributed by atoms with E-state index in [2.05, 4.69) is 9.72 Å². The third-order valence-electron chi connectivity index (χ3n) is 3.16. The lowest BCUT2D eigenvalue weighted by Gasteiger charge is -2.14. The minimum absolute atomic E-state index is 0.0234. The number of alkyl halides is 1. The zero-order valence-electron chi connectivity index (χ0n) is 12.2. The molecule has 0 saturated carbocycles. The summed E-state index contributed by atoms with van der Waals surface area (Å²) in [6.07, 6.45) is -1.38. The first-order valence-electron chi connectivity index (χ1n) is 6.44. The minimum atomic E-state index is -1.38. The summed E-state index contributed by atoms with van der Waals surface area (Å²) in [5.74, 6) is -0.743. The molecular formula is C15H12Cl3FN2O2. The molecule has 0 spiro atoms. The van der Waals surface area contributed by atoms with Gasteiger partial charge in [0.05, 0.1) is 28.5 Å². The number of pyridine rings is 1. The third-order valence-corrected chi connectivity index (χ3v) is 4.30. The number of carbonyl (C=O) groups excluding carboxylic acids is 1. The van der Waals surface area contributed by atoms with Gasteiger partial charge in [0.15, 0.2) is 5.69 Å². The number of nitrogens with two attached hydrogens (primary N) is 1. The van der Waals surface area contributed by atoms with Gasteiger partial charge >= 0.3 is 5.97 Å². The van der Waals surface area contributed by atoms with Gasteiger partial charge in [0, 0.05) is 16.1 Å². The maximum atomic E-state index is 13.7. The molecule has 0 aliphatic heterocycles. The van der Waals surface area contributed by atoms with Gasteiger partial charge in [-0.05, 0) is 25.1 Å². The molecule has 0 bridgehead atoms. The highest BCUT2D eigenvalue weighted by Gasteiger charge is 2.21. The predicted molar refractivity (Wildman–Crippen MR) is 90.0 cm³/mol. The second kappa shape index (κ2) is 6.91. The number of esters is 1. The van der Waals surface area contributed by atoms with Crippen LogP contribution in [0.25, 0.3) is 11.3 Å². The van der Waals surface area contributed by atoms with Gasteiger partial charge in [-0.3, -0.25) is 0 Å². The molecule has 1 aromatic carbocycles. The average molecular weight is 378 g/mol. The monoisotopic (exact) mass is 376 g/mol. The summed E-state index contributed by atoms with van der Waals surface area (Å²) in [6.45, 7) is 1.32. The summed E-state index contributed by atoms with van der Waals surface area (Å²) in [4.78, 5) is 15.9. The molecule has 4 nitrogen and oxygen atoms in total. The lowest BCUT2D eigenvalue weighted by atomic mass is 10.0. The smallest absolute Gasteiger partial charge is 0.358 e. The number of hydrogen-bond donors (Lipinski definition) is 1. The van der Waals surface area contributed by atoms with Crippen molar-refractivity contribution in [1.82, 2.24) is 4.98 Å². The van der Waals surface area contributed by atoms with E-state index in [9.17, 15) is 9.18 Å². The van der Waals surface area contributed by atoms with Gasteiger partial charge < -0.3 is 10.5 Å². The van der Waals surface area contributed by atoms with Gasteiger partial charge in [-0.1, -0.05) is 34.8 Å². The average Bonchev–Trinajstić information content (AvgIpc) is 2.49. The first-order valence-corrected chi connectivity index (χ1v) is 7.58. The number of benzene rings is 1. The number of rotatable bonds is 3. The molecule has 1 heterocycles. The van der Waals surface area contributed by atoms with E-state index < -0.39 is 12.1 Å². The number of hydrogen-bond acceptors (Lipinski definition) is 4. The third kappa shape index (κ3) is 3.37. The maximum Gasteiger partial charge on any atom is 0.358 e. The summed E-state index contributed by atoms with van der Waals surface area (Å²) >= 11 is 18.2. The zero-order chi connectivity index (χ0) is 17.3. The van der Waals surface area contributed by atoms with E-state index in [4.69, 9.17) is 40.5 Å². The summed E-state index contributed by atoms with van der Waals surface area (Å²) in [6, 6.07) is 4.50. The first-order chi connectivity index (χ1) is 10.8. The summed E-state index contributed by atoms with van der Waals surface area (Å²) in [5.41, 5.74) is 6.56. The molecule has 0 aliphatic rings. The Hall–Kier alpha value is -1.56. The second-order valence-electron chi connectivity index (χ2n) is 4.69. The standard InChI is InChI=1S/C15H12Cl3FN2O2/c1-6(19)11-8(16)4-3-7(12(11)17)10-5-9(20)13(18)14(21-10)15(22)23-2/h3-6H,1-2H3,(H2,20,21). The lowest BCUT2D eigenvalue weighted by molar-refractivity contribution is 0.0594. The molecule has 1 atom stereocenters. The van der Waals surface area contributed by atoms with Crippen molar-refractivity contribution in [3.05, 3.63) is 44.5 Å². The molecule has 23 heavy (non-hydrogen) atoms. The molecule has 0 radical (unpaired) electrons. The van der Waals surface area contributed by atoms with Crippen LogP contribution in [-0.4, -0.2) is 18.1 Å². The van der Waals surface area contributed by atoms with E-state index in [1.807, 2.05) is 0 Å². The van der Waals surface area contributed by atoms with Gasteiger partial charge in [0.1, 0.15) is 6.17 Å². The Morgan fingerprint density at radius 3 is 2.52 bits per heavy atom. The molecular weight excluding hydrogens is 366 g/mol. The van der Waals surface area contributed by atoms with Crippen molar-refractivity contribution in [3.63, 3.8) is 0 Å². The van der Waals surface area contributed by atoms with Crippen LogP contribution < -0.4 is 5.73 Å². The number of methoxy groups -OCH3 is 1. The van der Waals surface area contributed by atoms with Crippen LogP contribution in [0.15, 0.2) is 18.2 Å². The van der Waals surface area contributed by atoms with Gasteiger partial charge in [0.2, 0.25) is 0 Å². The molecule has 0 fully saturated rings. The van der Waals surface area contributed by atoms with Crippen LogP contribution in [0, 0.1) is 0 Å². The second-order valence-corrected chi connectivity index (χ2v) is 5.85. The molecule has 0 saturated heterocycles. The minimum Gasteiger partial charge on any atom is -0.464 e. The van der Waals surface area contributed by atoms with Crippen LogP contribution in [0.3, 0.4) is 0 Å². The Bertz CT molecular complexity index is 782. The normalized spacial score (nSPS) is 12.1. The van der Waals surface area contributed by atoms with Gasteiger partial charge in [-0.25, -0.2) is 14.2 Å². The van der Waals surface area contributed by atoms with Crippen LogP contribution in [0.1, 0.15) is 29.1 Å². The van der Waals surface area contributed by atoms with Gasteiger partial charge in [-0.2, -0.15) is 0 Å². The van der Waals surface area contributed by atoms with Gasteiger partial charge in [0.25, 0.3) is 0 Å². The fraction of sp³-hybridized carbons (Fsp3) is 0.200. The summed E-state index contributed by atoms with van der Waals surface area (Å²) in [7, 11) is 1.20. The highest BCUT2D eigenvalue weighted by atomic mass is 35.5. The quantitative estimate of drug-likeness (QED) is 0.755. The Balaban J connectivity index is 2.71. The molecule has 8 heteroatoms. The molecule has 1 unspecified atom stereocenters. The van der Waals surface area contributed by atoms with Crippen LogP contribution in [0.4, 0.5) is 10.1 Å². The number of ether oxygens (including phenoxy) is 1. The van der Waals surface area contributed by atoms with E-state index >= 15 is 0 Å².